The molecular weight excluding hydrogens is 294 g/mol. The number of hydrogen-bond donors (Lipinski definition) is 0. The maximum Gasteiger partial charge on any atom is 0.195 e. The molecule has 1 aromatic carbocycles. The van der Waals surface area contributed by atoms with E-state index in [4.69, 9.17) is 4.74 Å². The monoisotopic (exact) mass is 313 g/mol. The fourth-order valence-electron chi connectivity index (χ4n) is 2.44. The third-order valence-corrected chi connectivity index (χ3v) is 4.69. The molecule has 0 spiro atoms. The van der Waals surface area contributed by atoms with Gasteiger partial charge in [0.2, 0.25) is 0 Å². The molecule has 1 aliphatic heterocycles. The Labute approximate surface area is 134 Å². The molecule has 4 heteroatoms. The van der Waals surface area contributed by atoms with Gasteiger partial charge in [0, 0.05) is 23.7 Å². The number of hydrogen-bond acceptors (Lipinski definition) is 4. The number of allylic oxidation sites excluding steroid dienone is 1. The summed E-state index contributed by atoms with van der Waals surface area (Å²) in [5, 5.41) is 0. The lowest BCUT2D eigenvalue weighted by atomic mass is 10.1. The molecule has 114 valence electrons. The molecule has 3 nitrogen and oxygen atoms in total. The maximum absolute atomic E-state index is 12.0. The number of carbonyl (C=O) groups excluding carboxylic acids is 1. The van der Waals surface area contributed by atoms with Crippen LogP contribution in [0.15, 0.2) is 42.5 Å². The third kappa shape index (κ3) is 3.64. The largest absolute Gasteiger partial charge is 0.378 e. The molecule has 0 bridgehead atoms. The van der Waals surface area contributed by atoms with E-state index in [-0.39, 0.29) is 5.78 Å². The number of nitrogens with zero attached hydrogens (tertiary/aromatic N) is 1. The molecule has 1 fully saturated rings. The first-order valence-electron chi connectivity index (χ1n) is 7.44. The van der Waals surface area contributed by atoms with Gasteiger partial charge in [-0.25, -0.2) is 0 Å². The van der Waals surface area contributed by atoms with E-state index >= 15 is 0 Å². The lowest BCUT2D eigenvalue weighted by Gasteiger charge is -2.28. The quantitative estimate of drug-likeness (QED) is 0.635. The van der Waals surface area contributed by atoms with Crippen LogP contribution in [0.2, 0.25) is 0 Å². The van der Waals surface area contributed by atoms with Gasteiger partial charge in [-0.3, -0.25) is 4.79 Å². The maximum atomic E-state index is 12.0. The highest BCUT2D eigenvalue weighted by Gasteiger charge is 2.10. The topological polar surface area (TPSA) is 29.5 Å². The van der Waals surface area contributed by atoms with Crippen molar-refractivity contribution in [1.29, 1.82) is 0 Å². The molecule has 0 aliphatic carbocycles. The van der Waals surface area contributed by atoms with Gasteiger partial charge in [0.25, 0.3) is 0 Å². The van der Waals surface area contributed by atoms with E-state index in [0.29, 0.717) is 0 Å². The van der Waals surface area contributed by atoms with Crippen LogP contribution in [0.1, 0.15) is 20.1 Å². The molecule has 2 aromatic rings. The number of benzene rings is 1. The Balaban J connectivity index is 1.65. The molecule has 1 aromatic heterocycles. The second-order valence-electron chi connectivity index (χ2n) is 5.30. The van der Waals surface area contributed by atoms with Gasteiger partial charge in [0.15, 0.2) is 5.78 Å². The van der Waals surface area contributed by atoms with Crippen molar-refractivity contribution in [3.05, 3.63) is 57.8 Å². The molecule has 2 heterocycles. The van der Waals surface area contributed by atoms with E-state index in [1.807, 2.05) is 37.3 Å². The average Bonchev–Trinajstić information content (AvgIpc) is 3.00. The first kappa shape index (κ1) is 15.0. The Bertz CT molecular complexity index is 667. The number of morpholine rings is 1. The van der Waals surface area contributed by atoms with Gasteiger partial charge >= 0.3 is 0 Å². The minimum atomic E-state index is 0.0651. The molecule has 0 radical (unpaired) electrons. The van der Waals surface area contributed by atoms with Gasteiger partial charge in [0.1, 0.15) is 0 Å². The molecule has 0 amide bonds. The van der Waals surface area contributed by atoms with Crippen LogP contribution >= 0.6 is 11.3 Å². The van der Waals surface area contributed by atoms with E-state index in [9.17, 15) is 4.79 Å². The molecule has 0 unspecified atom stereocenters. The number of ketones is 1. The van der Waals surface area contributed by atoms with Crippen LogP contribution in [-0.2, 0) is 4.74 Å². The van der Waals surface area contributed by atoms with Crippen molar-refractivity contribution < 1.29 is 9.53 Å². The van der Waals surface area contributed by atoms with Crippen LogP contribution in [-0.4, -0.2) is 32.1 Å². The van der Waals surface area contributed by atoms with Crippen LogP contribution in [0.4, 0.5) is 5.69 Å². The highest BCUT2D eigenvalue weighted by atomic mass is 32.1. The predicted molar refractivity (Wildman–Crippen MR) is 91.9 cm³/mol. The number of carbonyl (C=O) groups is 1. The summed E-state index contributed by atoms with van der Waals surface area (Å²) in [4.78, 5) is 16.3. The average molecular weight is 313 g/mol. The Morgan fingerprint density at radius 3 is 2.50 bits per heavy atom. The van der Waals surface area contributed by atoms with Crippen molar-refractivity contribution in [3.8, 4) is 0 Å². The van der Waals surface area contributed by atoms with Crippen molar-refractivity contribution in [2.24, 2.45) is 0 Å². The number of ether oxygens (including phenoxy) is 1. The first-order valence-corrected chi connectivity index (χ1v) is 8.26. The van der Waals surface area contributed by atoms with E-state index in [2.05, 4.69) is 17.0 Å². The lowest BCUT2D eigenvalue weighted by molar-refractivity contribution is 0.105. The molecule has 1 saturated heterocycles. The van der Waals surface area contributed by atoms with Gasteiger partial charge in [-0.15, -0.1) is 11.3 Å². The summed E-state index contributed by atoms with van der Waals surface area (Å²) in [6.45, 7) is 5.46. The summed E-state index contributed by atoms with van der Waals surface area (Å²) in [5.74, 6) is 0.0651. The Morgan fingerprint density at radius 2 is 1.86 bits per heavy atom. The Morgan fingerprint density at radius 1 is 1.14 bits per heavy atom. The fourth-order valence-corrected chi connectivity index (χ4v) is 3.23. The SMILES string of the molecule is Cc1ccc(C(=O)/C=C/c2ccc(N3CCOCC3)cc2)s1. The summed E-state index contributed by atoms with van der Waals surface area (Å²) in [6, 6.07) is 12.2. The molecule has 22 heavy (non-hydrogen) atoms. The zero-order valence-electron chi connectivity index (χ0n) is 12.6. The van der Waals surface area contributed by atoms with Gasteiger partial charge < -0.3 is 9.64 Å². The smallest absolute Gasteiger partial charge is 0.195 e. The number of anilines is 1. The van der Waals surface area contributed by atoms with E-state index in [1.165, 1.54) is 17.0 Å². The van der Waals surface area contributed by atoms with E-state index in [1.54, 1.807) is 6.08 Å². The molecular formula is C18H19NO2S. The van der Waals surface area contributed by atoms with Gasteiger partial charge in [-0.1, -0.05) is 18.2 Å². The van der Waals surface area contributed by atoms with Crippen molar-refractivity contribution >= 4 is 28.9 Å². The van der Waals surface area contributed by atoms with Gasteiger partial charge in [-0.2, -0.15) is 0 Å². The Kier molecular flexibility index (Phi) is 4.71. The first-order chi connectivity index (χ1) is 10.7. The van der Waals surface area contributed by atoms with Crippen LogP contribution in [0.25, 0.3) is 6.08 Å². The standard InChI is InChI=1S/C18H19NO2S/c1-14-2-9-18(22-14)17(20)8-5-15-3-6-16(7-4-15)19-10-12-21-13-11-19/h2-9H,10-13H2,1H3/b8-5+. The highest BCUT2D eigenvalue weighted by molar-refractivity contribution is 7.14. The summed E-state index contributed by atoms with van der Waals surface area (Å²) < 4.78 is 5.36. The molecule has 1 aliphatic rings. The minimum absolute atomic E-state index is 0.0651. The zero-order valence-corrected chi connectivity index (χ0v) is 13.4. The molecule has 0 atom stereocenters. The predicted octanol–water partition coefficient (Wildman–Crippen LogP) is 3.79. The van der Waals surface area contributed by atoms with Crippen molar-refractivity contribution in [2.45, 2.75) is 6.92 Å². The summed E-state index contributed by atoms with van der Waals surface area (Å²) in [7, 11) is 0. The van der Waals surface area contributed by atoms with E-state index in [0.717, 1.165) is 41.6 Å². The van der Waals surface area contributed by atoms with Crippen LogP contribution in [0.5, 0.6) is 0 Å². The minimum Gasteiger partial charge on any atom is -0.378 e. The van der Waals surface area contributed by atoms with E-state index < -0.39 is 0 Å². The molecule has 0 N–H and O–H groups in total. The molecule has 0 saturated carbocycles. The Hall–Kier alpha value is -1.91. The van der Waals surface area contributed by atoms with Crippen molar-refractivity contribution in [3.63, 3.8) is 0 Å². The zero-order chi connectivity index (χ0) is 15.4. The summed E-state index contributed by atoms with van der Waals surface area (Å²) in [6.07, 6.45) is 3.52. The lowest BCUT2D eigenvalue weighted by Crippen LogP contribution is -2.36. The van der Waals surface area contributed by atoms with Crippen molar-refractivity contribution in [1.82, 2.24) is 0 Å². The van der Waals surface area contributed by atoms with Gasteiger partial charge in [-0.05, 0) is 42.8 Å². The van der Waals surface area contributed by atoms with Crippen molar-refractivity contribution in [2.75, 3.05) is 31.2 Å². The fraction of sp³-hybridized carbons (Fsp3) is 0.278. The summed E-state index contributed by atoms with van der Waals surface area (Å²) in [5.41, 5.74) is 2.25. The third-order valence-electron chi connectivity index (χ3n) is 3.68. The summed E-state index contributed by atoms with van der Waals surface area (Å²) >= 11 is 1.53. The molecule has 3 rings (SSSR count). The highest BCUT2D eigenvalue weighted by Crippen LogP contribution is 2.19. The second-order valence-corrected chi connectivity index (χ2v) is 6.59. The second kappa shape index (κ2) is 6.90. The number of rotatable bonds is 4. The van der Waals surface area contributed by atoms with Crippen LogP contribution in [0, 0.1) is 6.92 Å². The van der Waals surface area contributed by atoms with Crippen LogP contribution < -0.4 is 4.90 Å². The number of aryl methyl sites for hydroxylation is 1. The normalized spacial score (nSPS) is 15.4. The number of thiophene rings is 1. The van der Waals surface area contributed by atoms with Gasteiger partial charge in [0.05, 0.1) is 18.1 Å². The van der Waals surface area contributed by atoms with Crippen LogP contribution in [0.3, 0.4) is 0 Å².